The Labute approximate surface area is 195 Å². The quantitative estimate of drug-likeness (QED) is 0.402. The molecule has 9 heteroatoms. The van der Waals surface area contributed by atoms with Gasteiger partial charge in [0.05, 0.1) is 11.3 Å². The summed E-state index contributed by atoms with van der Waals surface area (Å²) in [5.74, 6) is 1.54. The van der Waals surface area contributed by atoms with E-state index in [2.05, 4.69) is 21.6 Å². The van der Waals surface area contributed by atoms with E-state index in [0.29, 0.717) is 28.2 Å². The van der Waals surface area contributed by atoms with Crippen LogP contribution in [0.5, 0.6) is 5.75 Å². The minimum atomic E-state index is -0.149. The molecule has 2 aromatic heterocycles. The number of amides is 1. The van der Waals surface area contributed by atoms with Crippen LogP contribution >= 0.6 is 23.1 Å². The first kappa shape index (κ1) is 22.4. The molecule has 1 amide bonds. The molecule has 1 aliphatic rings. The van der Waals surface area contributed by atoms with Crippen LogP contribution in [0.25, 0.3) is 0 Å². The molecule has 0 unspecified atom stereocenters. The second kappa shape index (κ2) is 10.2. The lowest BCUT2D eigenvalue weighted by Gasteiger charge is -2.08. The summed E-state index contributed by atoms with van der Waals surface area (Å²) in [5, 5.41) is 22.3. The summed E-state index contributed by atoms with van der Waals surface area (Å²) in [4.78, 5) is 13.8. The fraction of sp³-hybridized carbons (Fsp3) is 0.391. The smallest absolute Gasteiger partial charge is 0.235 e. The number of hydrogen-bond donors (Lipinski definition) is 1. The van der Waals surface area contributed by atoms with Gasteiger partial charge in [-0.15, -0.1) is 21.5 Å². The summed E-state index contributed by atoms with van der Waals surface area (Å²) in [6, 6.07) is 10.1. The van der Waals surface area contributed by atoms with Crippen LogP contribution in [0.3, 0.4) is 0 Å². The normalized spacial score (nSPS) is 13.2. The van der Waals surface area contributed by atoms with Crippen molar-refractivity contribution in [2.45, 2.75) is 50.8 Å². The van der Waals surface area contributed by atoms with Crippen LogP contribution in [0.4, 0.5) is 5.00 Å². The van der Waals surface area contributed by atoms with E-state index in [1.54, 1.807) is 11.3 Å². The molecule has 1 aromatic carbocycles. The monoisotopic (exact) mass is 467 g/mol. The van der Waals surface area contributed by atoms with Crippen molar-refractivity contribution in [1.29, 1.82) is 5.26 Å². The molecular weight excluding hydrogens is 442 g/mol. The zero-order chi connectivity index (χ0) is 22.5. The molecule has 7 nitrogen and oxygen atoms in total. The molecule has 0 radical (unpaired) electrons. The van der Waals surface area contributed by atoms with Gasteiger partial charge in [-0.05, 0) is 49.8 Å². The number of aryl methyl sites for hydroxylation is 2. The SMILES string of the molecule is Cc1ccccc1OCc1nnc(SCC(=O)Nc2sc3c(c2C#N)CCCCC3)n1C. The molecule has 0 aliphatic heterocycles. The lowest BCUT2D eigenvalue weighted by atomic mass is 10.1. The van der Waals surface area contributed by atoms with E-state index in [0.717, 1.165) is 42.6 Å². The Morgan fingerprint density at radius 2 is 2.09 bits per heavy atom. The Morgan fingerprint density at radius 3 is 2.91 bits per heavy atom. The fourth-order valence-corrected chi connectivity index (χ4v) is 5.68. The van der Waals surface area contributed by atoms with Crippen molar-refractivity contribution in [3.63, 3.8) is 0 Å². The van der Waals surface area contributed by atoms with Gasteiger partial charge in [0.15, 0.2) is 11.0 Å². The standard InChI is InChI=1S/C23H25N5O2S2/c1-15-8-6-7-10-18(15)30-13-20-26-27-23(28(20)2)31-14-21(29)25-22-17(12-24)16-9-4-3-5-11-19(16)32-22/h6-8,10H,3-5,9,11,13-14H2,1-2H3,(H,25,29). The maximum atomic E-state index is 12.6. The molecule has 0 fully saturated rings. The lowest BCUT2D eigenvalue weighted by molar-refractivity contribution is -0.113. The molecule has 0 saturated carbocycles. The maximum absolute atomic E-state index is 12.6. The van der Waals surface area contributed by atoms with Gasteiger partial charge in [0.1, 0.15) is 23.4 Å². The molecule has 1 aliphatic carbocycles. The number of nitrogens with zero attached hydrogens (tertiary/aromatic N) is 4. The highest BCUT2D eigenvalue weighted by Gasteiger charge is 2.21. The Morgan fingerprint density at radius 1 is 1.28 bits per heavy atom. The number of para-hydroxylation sites is 1. The number of hydrogen-bond acceptors (Lipinski definition) is 7. The predicted molar refractivity (Wildman–Crippen MR) is 126 cm³/mol. The number of carbonyl (C=O) groups excluding carboxylic acids is 1. The molecule has 1 N–H and O–H groups in total. The molecule has 0 spiro atoms. The third-order valence-corrected chi connectivity index (χ3v) is 7.72. The average molecular weight is 468 g/mol. The summed E-state index contributed by atoms with van der Waals surface area (Å²) in [6.07, 6.45) is 5.35. The second-order valence-corrected chi connectivity index (χ2v) is 9.78. The summed E-state index contributed by atoms with van der Waals surface area (Å²) < 4.78 is 7.69. The number of nitrogens with one attached hydrogen (secondary N) is 1. The Kier molecular flexibility index (Phi) is 7.12. The number of ether oxygens (including phenoxy) is 1. The highest BCUT2D eigenvalue weighted by Crippen LogP contribution is 2.37. The van der Waals surface area contributed by atoms with Crippen molar-refractivity contribution >= 4 is 34.0 Å². The molecule has 0 bridgehead atoms. The van der Waals surface area contributed by atoms with Crippen LogP contribution in [0, 0.1) is 18.3 Å². The van der Waals surface area contributed by atoms with Gasteiger partial charge in [-0.25, -0.2) is 0 Å². The fourth-order valence-electron chi connectivity index (χ4n) is 3.70. The van der Waals surface area contributed by atoms with E-state index in [1.165, 1.54) is 23.1 Å². The topological polar surface area (TPSA) is 92.8 Å². The molecule has 0 saturated heterocycles. The van der Waals surface area contributed by atoms with Gasteiger partial charge in [0.25, 0.3) is 0 Å². The van der Waals surface area contributed by atoms with Gasteiger partial charge < -0.3 is 14.6 Å². The van der Waals surface area contributed by atoms with Crippen molar-refractivity contribution < 1.29 is 9.53 Å². The van der Waals surface area contributed by atoms with E-state index in [4.69, 9.17) is 4.74 Å². The maximum Gasteiger partial charge on any atom is 0.235 e. The zero-order valence-corrected chi connectivity index (χ0v) is 19.8. The van der Waals surface area contributed by atoms with Crippen molar-refractivity contribution in [2.24, 2.45) is 7.05 Å². The van der Waals surface area contributed by atoms with E-state index in [9.17, 15) is 10.1 Å². The zero-order valence-electron chi connectivity index (χ0n) is 18.2. The summed E-state index contributed by atoms with van der Waals surface area (Å²) in [5.41, 5.74) is 2.83. The number of carbonyl (C=O) groups is 1. The van der Waals surface area contributed by atoms with Crippen LogP contribution in [-0.2, 0) is 31.3 Å². The third kappa shape index (κ3) is 4.97. The van der Waals surface area contributed by atoms with Gasteiger partial charge in [-0.2, -0.15) is 5.26 Å². The molecule has 32 heavy (non-hydrogen) atoms. The number of fused-ring (bicyclic) bond motifs is 1. The van der Waals surface area contributed by atoms with Gasteiger partial charge in [-0.1, -0.05) is 36.4 Å². The minimum absolute atomic E-state index is 0.149. The third-order valence-electron chi connectivity index (χ3n) is 5.49. The minimum Gasteiger partial charge on any atom is -0.485 e. The van der Waals surface area contributed by atoms with Crippen LogP contribution in [0.15, 0.2) is 29.4 Å². The van der Waals surface area contributed by atoms with Gasteiger partial charge >= 0.3 is 0 Å². The number of thioether (sulfide) groups is 1. The number of nitriles is 1. The molecule has 0 atom stereocenters. The lowest BCUT2D eigenvalue weighted by Crippen LogP contribution is -2.14. The predicted octanol–water partition coefficient (Wildman–Crippen LogP) is 4.64. The number of benzene rings is 1. The number of thiophene rings is 1. The van der Waals surface area contributed by atoms with E-state index >= 15 is 0 Å². The van der Waals surface area contributed by atoms with E-state index < -0.39 is 0 Å². The number of aromatic nitrogens is 3. The molecule has 166 valence electrons. The Bertz CT molecular complexity index is 1160. The van der Waals surface area contributed by atoms with Gasteiger partial charge in [0, 0.05) is 11.9 Å². The largest absolute Gasteiger partial charge is 0.485 e. The average Bonchev–Trinajstić information content (AvgIpc) is 3.20. The number of rotatable bonds is 7. The van der Waals surface area contributed by atoms with Crippen LogP contribution in [0.1, 0.15) is 46.7 Å². The highest BCUT2D eigenvalue weighted by molar-refractivity contribution is 7.99. The van der Waals surface area contributed by atoms with Crippen LogP contribution < -0.4 is 10.1 Å². The molecule has 4 rings (SSSR count). The summed E-state index contributed by atoms with van der Waals surface area (Å²) >= 11 is 2.86. The van der Waals surface area contributed by atoms with Crippen LogP contribution in [-0.4, -0.2) is 26.4 Å². The van der Waals surface area contributed by atoms with Crippen LogP contribution in [0.2, 0.25) is 0 Å². The summed E-state index contributed by atoms with van der Waals surface area (Å²) in [6.45, 7) is 2.29. The van der Waals surface area contributed by atoms with Crippen molar-refractivity contribution in [3.8, 4) is 11.8 Å². The first-order valence-corrected chi connectivity index (χ1v) is 12.4. The Hall–Kier alpha value is -2.83. The Balaban J connectivity index is 1.35. The summed E-state index contributed by atoms with van der Waals surface area (Å²) in [7, 11) is 1.86. The number of anilines is 1. The first-order chi connectivity index (χ1) is 15.6. The van der Waals surface area contributed by atoms with E-state index in [-0.39, 0.29) is 11.7 Å². The molecule has 2 heterocycles. The highest BCUT2D eigenvalue weighted by atomic mass is 32.2. The molecule has 3 aromatic rings. The van der Waals surface area contributed by atoms with E-state index in [1.807, 2.05) is 42.8 Å². The van der Waals surface area contributed by atoms with Crippen molar-refractivity contribution in [1.82, 2.24) is 14.8 Å². The molecular formula is C23H25N5O2S2. The van der Waals surface area contributed by atoms with Crippen molar-refractivity contribution in [3.05, 3.63) is 51.7 Å². The second-order valence-electron chi connectivity index (χ2n) is 7.73. The van der Waals surface area contributed by atoms with Gasteiger partial charge in [-0.3, -0.25) is 4.79 Å². The van der Waals surface area contributed by atoms with Crippen molar-refractivity contribution in [2.75, 3.05) is 11.1 Å². The first-order valence-electron chi connectivity index (χ1n) is 10.6. The van der Waals surface area contributed by atoms with Gasteiger partial charge in [0.2, 0.25) is 5.91 Å².